The van der Waals surface area contributed by atoms with E-state index in [1.807, 2.05) is 0 Å². The summed E-state index contributed by atoms with van der Waals surface area (Å²) < 4.78 is 6.91. The van der Waals surface area contributed by atoms with Crippen molar-refractivity contribution in [3.8, 4) is 5.75 Å². The molecule has 0 amide bonds. The number of ether oxygens (including phenoxy) is 1. The monoisotopic (exact) mass is 218 g/mol. The molecule has 1 heterocycles. The number of pyridine rings is 1. The molecule has 0 unspecified atom stereocenters. The number of nitrogens with two attached hydrogens (primary N) is 2. The molecule has 60 valence electrons. The fourth-order valence-electron chi connectivity index (χ4n) is 0.694. The van der Waals surface area contributed by atoms with Crippen LogP contribution in [0, 0.1) is 0 Å². The van der Waals surface area contributed by atoms with Crippen LogP contribution in [0.2, 0.25) is 0 Å². The molecular formula is C6H9BrN3O+. The first-order valence-corrected chi connectivity index (χ1v) is 3.75. The Labute approximate surface area is 72.9 Å². The molecule has 1 aromatic heterocycles. The fraction of sp³-hybridized carbons (Fsp3) is 0.167. The molecule has 0 fully saturated rings. The topological polar surface area (TPSA) is 65.2 Å². The lowest BCUT2D eigenvalue weighted by atomic mass is 10.4. The second-order valence-corrected chi connectivity index (χ2v) is 2.74. The summed E-state index contributed by atoms with van der Waals surface area (Å²) >= 11 is 3.22. The Morgan fingerprint density at radius 2 is 2.18 bits per heavy atom. The van der Waals surface area contributed by atoms with E-state index in [1.165, 1.54) is 4.68 Å². The zero-order valence-electron chi connectivity index (χ0n) is 6.04. The van der Waals surface area contributed by atoms with Gasteiger partial charge in [-0.05, 0) is 6.07 Å². The Morgan fingerprint density at radius 1 is 1.55 bits per heavy atom. The van der Waals surface area contributed by atoms with Crippen LogP contribution in [0.1, 0.15) is 0 Å². The van der Waals surface area contributed by atoms with E-state index in [2.05, 4.69) is 15.9 Å². The minimum absolute atomic E-state index is 0.470. The highest BCUT2D eigenvalue weighted by atomic mass is 79.9. The van der Waals surface area contributed by atoms with E-state index in [0.29, 0.717) is 16.2 Å². The molecule has 0 atom stereocenters. The van der Waals surface area contributed by atoms with E-state index >= 15 is 0 Å². The summed E-state index contributed by atoms with van der Waals surface area (Å²) in [5.41, 5.74) is 5.50. The van der Waals surface area contributed by atoms with Crippen LogP contribution in [0.3, 0.4) is 0 Å². The van der Waals surface area contributed by atoms with Crippen molar-refractivity contribution in [1.29, 1.82) is 0 Å². The van der Waals surface area contributed by atoms with Gasteiger partial charge in [-0.3, -0.25) is 11.6 Å². The molecular weight excluding hydrogens is 210 g/mol. The van der Waals surface area contributed by atoms with Gasteiger partial charge >= 0.3 is 0 Å². The number of halogens is 1. The van der Waals surface area contributed by atoms with Crippen molar-refractivity contribution in [2.75, 3.05) is 18.7 Å². The highest BCUT2D eigenvalue weighted by Crippen LogP contribution is 2.19. The Balaban J connectivity index is 3.25. The minimum atomic E-state index is 0.470. The van der Waals surface area contributed by atoms with Crippen molar-refractivity contribution in [1.82, 2.24) is 0 Å². The van der Waals surface area contributed by atoms with Gasteiger partial charge in [0.15, 0.2) is 5.75 Å². The predicted octanol–water partition coefficient (Wildman–Crippen LogP) is 0.0412. The van der Waals surface area contributed by atoms with E-state index < -0.39 is 0 Å². The maximum absolute atomic E-state index is 5.52. The largest absolute Gasteiger partial charge is 0.492 e. The first-order valence-electron chi connectivity index (χ1n) is 2.96. The smallest absolute Gasteiger partial charge is 0.296 e. The number of hydrogen-bond acceptors (Lipinski definition) is 3. The Kier molecular flexibility index (Phi) is 2.19. The van der Waals surface area contributed by atoms with Crippen molar-refractivity contribution >= 4 is 21.7 Å². The van der Waals surface area contributed by atoms with Crippen molar-refractivity contribution in [2.45, 2.75) is 0 Å². The predicted molar refractivity (Wildman–Crippen MR) is 45.5 cm³/mol. The zero-order chi connectivity index (χ0) is 8.43. The number of nitrogens with zero attached hydrogens (tertiary/aromatic N) is 1. The van der Waals surface area contributed by atoms with Crippen LogP contribution in [0.15, 0.2) is 16.7 Å². The minimum Gasteiger partial charge on any atom is -0.492 e. The Hall–Kier alpha value is -0.970. The first kappa shape index (κ1) is 8.13. The van der Waals surface area contributed by atoms with Crippen molar-refractivity contribution in [3.05, 3.63) is 16.7 Å². The molecule has 0 aromatic carbocycles. The molecule has 0 saturated carbocycles. The van der Waals surface area contributed by atoms with Gasteiger partial charge in [-0.1, -0.05) is 0 Å². The highest BCUT2D eigenvalue weighted by molar-refractivity contribution is 9.10. The van der Waals surface area contributed by atoms with Crippen molar-refractivity contribution in [2.24, 2.45) is 0 Å². The molecule has 0 spiro atoms. The summed E-state index contributed by atoms with van der Waals surface area (Å²) in [6, 6.07) is 3.41. The molecule has 1 aromatic rings. The SMILES string of the molecule is COc1ccc(N)[n+](N)c1Br. The molecule has 0 aliphatic rings. The molecule has 0 aliphatic heterocycles. The van der Waals surface area contributed by atoms with Gasteiger partial charge in [0, 0.05) is 22.0 Å². The summed E-state index contributed by atoms with van der Waals surface area (Å²) in [6.07, 6.45) is 0. The quantitative estimate of drug-likeness (QED) is 0.398. The maximum atomic E-state index is 5.52. The highest BCUT2D eigenvalue weighted by Gasteiger charge is 2.10. The van der Waals surface area contributed by atoms with Crippen LogP contribution < -0.4 is 21.0 Å². The number of aromatic nitrogens is 1. The molecule has 1 rings (SSSR count). The summed E-state index contributed by atoms with van der Waals surface area (Å²) in [6.45, 7) is 0. The summed E-state index contributed by atoms with van der Waals surface area (Å²) in [5, 5.41) is 0. The standard InChI is InChI=1S/C6H8BrN3O/c1-11-4-2-3-5(8)10(9)6(4)7/h2-3,8H,9H2,1H3/p+1. The molecule has 4 nitrogen and oxygen atoms in total. The molecule has 4 N–H and O–H groups in total. The summed E-state index contributed by atoms with van der Waals surface area (Å²) in [4.78, 5) is 0. The molecule has 5 heteroatoms. The molecule has 0 radical (unpaired) electrons. The Morgan fingerprint density at radius 3 is 2.73 bits per heavy atom. The first-order chi connectivity index (χ1) is 5.16. The number of anilines is 1. The molecule has 0 bridgehead atoms. The van der Waals surface area contributed by atoms with Crippen LogP contribution in [0.25, 0.3) is 0 Å². The van der Waals surface area contributed by atoms with E-state index in [4.69, 9.17) is 16.3 Å². The van der Waals surface area contributed by atoms with Crippen LogP contribution in [-0.4, -0.2) is 7.11 Å². The zero-order valence-corrected chi connectivity index (χ0v) is 7.63. The molecule has 0 saturated heterocycles. The third-order valence-corrected chi connectivity index (χ3v) is 2.09. The van der Waals surface area contributed by atoms with Gasteiger partial charge in [-0.15, -0.1) is 4.68 Å². The number of nitrogen functional groups attached to an aromatic ring is 2. The van der Waals surface area contributed by atoms with E-state index in [9.17, 15) is 0 Å². The maximum Gasteiger partial charge on any atom is 0.296 e. The van der Waals surface area contributed by atoms with E-state index in [0.717, 1.165) is 0 Å². The van der Waals surface area contributed by atoms with Gasteiger partial charge in [0.05, 0.1) is 7.11 Å². The molecule has 11 heavy (non-hydrogen) atoms. The lowest BCUT2D eigenvalue weighted by molar-refractivity contribution is -0.635. The van der Waals surface area contributed by atoms with Gasteiger partial charge in [0.1, 0.15) is 0 Å². The average molecular weight is 219 g/mol. The van der Waals surface area contributed by atoms with E-state index in [1.54, 1.807) is 19.2 Å². The average Bonchev–Trinajstić information content (AvgIpc) is 2.01. The lowest BCUT2D eigenvalue weighted by Gasteiger charge is -2.02. The lowest BCUT2D eigenvalue weighted by Crippen LogP contribution is -2.48. The van der Waals surface area contributed by atoms with Crippen LogP contribution in [0.5, 0.6) is 5.75 Å². The number of hydrogen-bond donors (Lipinski definition) is 2. The van der Waals surface area contributed by atoms with Gasteiger partial charge in [-0.25, -0.2) is 0 Å². The third kappa shape index (κ3) is 1.37. The van der Waals surface area contributed by atoms with E-state index in [-0.39, 0.29) is 0 Å². The number of rotatable bonds is 1. The van der Waals surface area contributed by atoms with Crippen LogP contribution in [0.4, 0.5) is 5.82 Å². The fourth-order valence-corrected chi connectivity index (χ4v) is 1.19. The van der Waals surface area contributed by atoms with Crippen molar-refractivity contribution < 1.29 is 9.41 Å². The van der Waals surface area contributed by atoms with Crippen molar-refractivity contribution in [3.63, 3.8) is 0 Å². The summed E-state index contributed by atoms with van der Waals surface area (Å²) in [5.74, 6) is 6.65. The Bertz CT molecular complexity index is 277. The van der Waals surface area contributed by atoms with Gasteiger partial charge < -0.3 is 4.74 Å². The van der Waals surface area contributed by atoms with Gasteiger partial charge in [0.2, 0.25) is 4.60 Å². The van der Waals surface area contributed by atoms with Crippen LogP contribution >= 0.6 is 15.9 Å². The molecule has 0 aliphatic carbocycles. The normalized spacial score (nSPS) is 9.64. The second kappa shape index (κ2) is 2.96. The van der Waals surface area contributed by atoms with Gasteiger partial charge in [0.25, 0.3) is 5.82 Å². The second-order valence-electron chi connectivity index (χ2n) is 1.99. The summed E-state index contributed by atoms with van der Waals surface area (Å²) in [7, 11) is 1.57. The number of methoxy groups -OCH3 is 1. The van der Waals surface area contributed by atoms with Gasteiger partial charge in [-0.2, -0.15) is 0 Å². The third-order valence-electron chi connectivity index (χ3n) is 1.32. The van der Waals surface area contributed by atoms with Crippen LogP contribution in [-0.2, 0) is 0 Å².